The van der Waals surface area contributed by atoms with Crippen LogP contribution >= 0.6 is 15.9 Å². The van der Waals surface area contributed by atoms with Crippen LogP contribution in [0.25, 0.3) is 0 Å². The molecule has 5 nitrogen and oxygen atoms in total. The lowest BCUT2D eigenvalue weighted by Gasteiger charge is -2.31. The molecule has 0 bridgehead atoms. The summed E-state index contributed by atoms with van der Waals surface area (Å²) < 4.78 is 0.929. The summed E-state index contributed by atoms with van der Waals surface area (Å²) in [5, 5.41) is 11.7. The molecule has 0 radical (unpaired) electrons. The van der Waals surface area contributed by atoms with Crippen molar-refractivity contribution in [3.63, 3.8) is 0 Å². The van der Waals surface area contributed by atoms with E-state index in [0.717, 1.165) is 28.6 Å². The Balaban J connectivity index is 1.88. The van der Waals surface area contributed by atoms with Crippen LogP contribution in [0, 0.1) is 12.8 Å². The van der Waals surface area contributed by atoms with E-state index < -0.39 is 5.97 Å². The Kier molecular flexibility index (Phi) is 5.22. The minimum Gasteiger partial charge on any atom is -0.481 e. The fraction of sp³-hybridized carbons (Fsp3) is 0.467. The van der Waals surface area contributed by atoms with Crippen LogP contribution in [0.1, 0.15) is 24.8 Å². The molecule has 1 fully saturated rings. The van der Waals surface area contributed by atoms with Crippen molar-refractivity contribution in [1.29, 1.82) is 0 Å². The van der Waals surface area contributed by atoms with Gasteiger partial charge in [-0.3, -0.25) is 4.79 Å². The van der Waals surface area contributed by atoms with Crippen LogP contribution < -0.4 is 5.32 Å². The van der Waals surface area contributed by atoms with Crippen molar-refractivity contribution >= 4 is 33.6 Å². The normalized spacial score (nSPS) is 15.8. The van der Waals surface area contributed by atoms with Crippen molar-refractivity contribution in [1.82, 2.24) is 4.90 Å². The second kappa shape index (κ2) is 6.93. The van der Waals surface area contributed by atoms with Crippen LogP contribution in [0.3, 0.4) is 0 Å². The highest BCUT2D eigenvalue weighted by Crippen LogP contribution is 2.22. The van der Waals surface area contributed by atoms with Gasteiger partial charge in [0.2, 0.25) is 0 Å². The van der Waals surface area contributed by atoms with Gasteiger partial charge in [0.15, 0.2) is 0 Å². The van der Waals surface area contributed by atoms with Crippen LogP contribution in [0.15, 0.2) is 22.7 Å². The number of likely N-dealkylation sites (tertiary alicyclic amines) is 1. The van der Waals surface area contributed by atoms with Gasteiger partial charge in [0.1, 0.15) is 0 Å². The number of anilines is 1. The fourth-order valence-electron chi connectivity index (χ4n) is 2.60. The maximum absolute atomic E-state index is 12.2. The number of piperidine rings is 1. The molecule has 0 aromatic heterocycles. The standard InChI is InChI=1S/C15H19BrN2O3/c1-10-6-12(16)9-13(7-10)17-15(21)18-4-2-11(3-5-18)8-14(19)20/h6-7,9,11H,2-5,8H2,1H3,(H,17,21)(H,19,20). The Labute approximate surface area is 132 Å². The zero-order valence-corrected chi connectivity index (χ0v) is 13.5. The predicted octanol–water partition coefficient (Wildman–Crippen LogP) is 3.48. The summed E-state index contributed by atoms with van der Waals surface area (Å²) in [5.41, 5.74) is 1.83. The summed E-state index contributed by atoms with van der Waals surface area (Å²) in [6.07, 6.45) is 1.69. The molecule has 0 unspecified atom stereocenters. The van der Waals surface area contributed by atoms with Gasteiger partial charge in [-0.25, -0.2) is 4.79 Å². The predicted molar refractivity (Wildman–Crippen MR) is 84.4 cm³/mol. The average molecular weight is 355 g/mol. The Morgan fingerprint density at radius 1 is 1.33 bits per heavy atom. The van der Waals surface area contributed by atoms with E-state index in [1.54, 1.807) is 4.90 Å². The Bertz CT molecular complexity index is 519. The number of benzene rings is 1. The van der Waals surface area contributed by atoms with Gasteiger partial charge in [-0.2, -0.15) is 0 Å². The van der Waals surface area contributed by atoms with E-state index in [1.165, 1.54) is 0 Å². The van der Waals surface area contributed by atoms with Crippen LogP contribution in [0.2, 0.25) is 0 Å². The number of carbonyl (C=O) groups excluding carboxylic acids is 1. The molecule has 6 heteroatoms. The van der Waals surface area contributed by atoms with Crippen molar-refractivity contribution in [3.8, 4) is 0 Å². The van der Waals surface area contributed by atoms with Gasteiger partial charge in [0, 0.05) is 29.7 Å². The topological polar surface area (TPSA) is 69.6 Å². The number of rotatable bonds is 3. The molecule has 0 spiro atoms. The van der Waals surface area contributed by atoms with Gasteiger partial charge in [0.05, 0.1) is 0 Å². The number of hydrogen-bond acceptors (Lipinski definition) is 2. The van der Waals surface area contributed by atoms with E-state index in [-0.39, 0.29) is 18.4 Å². The Hall–Kier alpha value is -1.56. The van der Waals surface area contributed by atoms with Gasteiger partial charge in [0.25, 0.3) is 0 Å². The number of amides is 2. The molecule has 1 saturated heterocycles. The number of nitrogens with zero attached hydrogens (tertiary/aromatic N) is 1. The first-order chi connectivity index (χ1) is 9.94. The third kappa shape index (κ3) is 4.74. The molecule has 114 valence electrons. The lowest BCUT2D eigenvalue weighted by molar-refractivity contribution is -0.138. The number of aryl methyl sites for hydroxylation is 1. The number of carbonyl (C=O) groups is 2. The minimum atomic E-state index is -0.762. The number of carboxylic acids is 1. The highest BCUT2D eigenvalue weighted by Gasteiger charge is 2.24. The molecule has 0 saturated carbocycles. The molecule has 2 amide bonds. The van der Waals surface area contributed by atoms with Gasteiger partial charge >= 0.3 is 12.0 Å². The van der Waals surface area contributed by atoms with Crippen molar-refractivity contribution in [3.05, 3.63) is 28.2 Å². The molecular weight excluding hydrogens is 336 g/mol. The van der Waals surface area contributed by atoms with Gasteiger partial charge in [-0.05, 0) is 49.4 Å². The molecule has 1 heterocycles. The molecule has 1 aliphatic rings. The maximum Gasteiger partial charge on any atom is 0.321 e. The van der Waals surface area contributed by atoms with Crippen LogP contribution in [-0.2, 0) is 4.79 Å². The van der Waals surface area contributed by atoms with Crippen LogP contribution in [0.4, 0.5) is 10.5 Å². The first-order valence-corrected chi connectivity index (χ1v) is 7.78. The molecular formula is C15H19BrN2O3. The van der Waals surface area contributed by atoms with Gasteiger partial charge in [-0.15, -0.1) is 0 Å². The first-order valence-electron chi connectivity index (χ1n) is 6.99. The van der Waals surface area contributed by atoms with Gasteiger partial charge in [-0.1, -0.05) is 15.9 Å². The van der Waals surface area contributed by atoms with Crippen LogP contribution in [-0.4, -0.2) is 35.1 Å². The smallest absolute Gasteiger partial charge is 0.321 e. The van der Waals surface area contributed by atoms with Gasteiger partial charge < -0.3 is 15.3 Å². The fourth-order valence-corrected chi connectivity index (χ4v) is 3.21. The molecule has 1 aliphatic heterocycles. The number of aliphatic carboxylic acids is 1. The third-order valence-corrected chi connectivity index (χ3v) is 4.12. The van der Waals surface area contributed by atoms with E-state index in [9.17, 15) is 9.59 Å². The number of nitrogens with one attached hydrogen (secondary N) is 1. The summed E-state index contributed by atoms with van der Waals surface area (Å²) >= 11 is 3.41. The average Bonchev–Trinajstić information content (AvgIpc) is 2.37. The highest BCUT2D eigenvalue weighted by molar-refractivity contribution is 9.10. The number of hydrogen-bond donors (Lipinski definition) is 2. The second-order valence-electron chi connectivity index (χ2n) is 5.48. The third-order valence-electron chi connectivity index (χ3n) is 3.66. The summed E-state index contributed by atoms with van der Waals surface area (Å²) in [4.78, 5) is 24.6. The second-order valence-corrected chi connectivity index (χ2v) is 6.39. The number of urea groups is 1. The first kappa shape index (κ1) is 15.8. The van der Waals surface area contributed by atoms with E-state index in [1.807, 2.05) is 25.1 Å². The number of carboxylic acid groups (broad SMARTS) is 1. The number of halogens is 1. The molecule has 21 heavy (non-hydrogen) atoms. The summed E-state index contributed by atoms with van der Waals surface area (Å²) in [6.45, 7) is 3.19. The van der Waals surface area contributed by atoms with E-state index in [2.05, 4.69) is 21.2 Å². The zero-order valence-electron chi connectivity index (χ0n) is 11.9. The molecule has 1 aromatic carbocycles. The summed E-state index contributed by atoms with van der Waals surface area (Å²) in [7, 11) is 0. The van der Waals surface area contributed by atoms with E-state index >= 15 is 0 Å². The summed E-state index contributed by atoms with van der Waals surface area (Å²) in [5.74, 6) is -0.581. The quantitative estimate of drug-likeness (QED) is 0.872. The van der Waals surface area contributed by atoms with E-state index in [4.69, 9.17) is 5.11 Å². The van der Waals surface area contributed by atoms with Crippen molar-refractivity contribution in [2.45, 2.75) is 26.2 Å². The van der Waals surface area contributed by atoms with E-state index in [0.29, 0.717) is 13.1 Å². The molecule has 0 aliphatic carbocycles. The lowest BCUT2D eigenvalue weighted by Crippen LogP contribution is -2.41. The Morgan fingerprint density at radius 2 is 2.00 bits per heavy atom. The SMILES string of the molecule is Cc1cc(Br)cc(NC(=O)N2CCC(CC(=O)O)CC2)c1. The molecule has 1 aromatic rings. The van der Waals surface area contributed by atoms with Crippen molar-refractivity contribution < 1.29 is 14.7 Å². The zero-order chi connectivity index (χ0) is 15.4. The molecule has 0 atom stereocenters. The lowest BCUT2D eigenvalue weighted by atomic mass is 9.94. The summed E-state index contributed by atoms with van der Waals surface area (Å²) in [6, 6.07) is 5.64. The van der Waals surface area contributed by atoms with Crippen molar-refractivity contribution in [2.24, 2.45) is 5.92 Å². The van der Waals surface area contributed by atoms with Crippen LogP contribution in [0.5, 0.6) is 0 Å². The molecule has 2 rings (SSSR count). The van der Waals surface area contributed by atoms with Crippen molar-refractivity contribution in [2.75, 3.05) is 18.4 Å². The minimum absolute atomic E-state index is 0.124. The maximum atomic E-state index is 12.2. The largest absolute Gasteiger partial charge is 0.481 e. The molecule has 2 N–H and O–H groups in total. The Morgan fingerprint density at radius 3 is 2.57 bits per heavy atom. The monoisotopic (exact) mass is 354 g/mol. The highest BCUT2D eigenvalue weighted by atomic mass is 79.9.